The van der Waals surface area contributed by atoms with E-state index in [0.717, 1.165) is 17.2 Å². The average Bonchev–Trinajstić information content (AvgIpc) is 2.75. The van der Waals surface area contributed by atoms with Gasteiger partial charge in [-0.25, -0.2) is 18.2 Å². The number of sulfonamides is 1. The van der Waals surface area contributed by atoms with Gasteiger partial charge in [0.05, 0.1) is 27.4 Å². The summed E-state index contributed by atoms with van der Waals surface area (Å²) < 4.78 is 28.0. The summed E-state index contributed by atoms with van der Waals surface area (Å²) >= 11 is 1.57. The molecule has 0 amide bonds. The standard InChI is InChI=1S/C23H24N2O4S2/c1-4-17-5-7-18(8-6-17)14-30-22-10-9-19(13-24-22)25-31(28,29)20-11-15(2)16(3)21(12-20)23(26)27/h5-13,25H,4,14H2,1-3H3,(H,26,27). The van der Waals surface area contributed by atoms with Gasteiger partial charge in [0.15, 0.2) is 0 Å². The van der Waals surface area contributed by atoms with Crippen molar-refractivity contribution in [2.75, 3.05) is 4.72 Å². The van der Waals surface area contributed by atoms with Gasteiger partial charge < -0.3 is 5.11 Å². The monoisotopic (exact) mass is 456 g/mol. The molecule has 162 valence electrons. The summed E-state index contributed by atoms with van der Waals surface area (Å²) in [6.45, 7) is 5.46. The molecule has 0 bridgehead atoms. The summed E-state index contributed by atoms with van der Waals surface area (Å²) in [6.07, 6.45) is 2.46. The molecule has 31 heavy (non-hydrogen) atoms. The van der Waals surface area contributed by atoms with Gasteiger partial charge in [-0.3, -0.25) is 4.72 Å². The van der Waals surface area contributed by atoms with Gasteiger partial charge in [0.2, 0.25) is 0 Å². The summed E-state index contributed by atoms with van der Waals surface area (Å²) in [5.41, 5.74) is 3.90. The Balaban J connectivity index is 1.70. The third-order valence-electron chi connectivity index (χ3n) is 4.99. The fourth-order valence-corrected chi connectivity index (χ4v) is 4.92. The molecule has 0 fully saturated rings. The first kappa shape index (κ1) is 22.8. The van der Waals surface area contributed by atoms with Crippen LogP contribution in [0.4, 0.5) is 5.69 Å². The largest absolute Gasteiger partial charge is 0.478 e. The maximum Gasteiger partial charge on any atom is 0.336 e. The number of thioether (sulfide) groups is 1. The van der Waals surface area contributed by atoms with Crippen molar-refractivity contribution < 1.29 is 18.3 Å². The predicted octanol–water partition coefficient (Wildman–Crippen LogP) is 5.05. The average molecular weight is 457 g/mol. The van der Waals surface area contributed by atoms with Crippen molar-refractivity contribution in [1.82, 2.24) is 4.98 Å². The van der Waals surface area contributed by atoms with E-state index in [4.69, 9.17) is 0 Å². The maximum absolute atomic E-state index is 12.8. The molecule has 0 atom stereocenters. The van der Waals surface area contributed by atoms with Gasteiger partial charge >= 0.3 is 5.97 Å². The van der Waals surface area contributed by atoms with Gasteiger partial charge in [-0.05, 0) is 66.8 Å². The minimum atomic E-state index is -3.94. The summed E-state index contributed by atoms with van der Waals surface area (Å²) in [6, 6.07) is 14.5. The Morgan fingerprint density at radius 1 is 1.06 bits per heavy atom. The molecule has 2 aromatic carbocycles. The molecule has 1 heterocycles. The van der Waals surface area contributed by atoms with E-state index in [9.17, 15) is 18.3 Å². The number of pyridine rings is 1. The van der Waals surface area contributed by atoms with Crippen molar-refractivity contribution in [2.45, 2.75) is 42.9 Å². The van der Waals surface area contributed by atoms with E-state index in [2.05, 4.69) is 40.9 Å². The zero-order valence-electron chi connectivity index (χ0n) is 17.5. The second-order valence-corrected chi connectivity index (χ2v) is 9.85. The van der Waals surface area contributed by atoms with Crippen molar-refractivity contribution in [3.8, 4) is 0 Å². The van der Waals surface area contributed by atoms with E-state index in [0.29, 0.717) is 16.8 Å². The topological polar surface area (TPSA) is 96.4 Å². The third-order valence-corrected chi connectivity index (χ3v) is 7.36. The van der Waals surface area contributed by atoms with Crippen LogP contribution < -0.4 is 4.72 Å². The van der Waals surface area contributed by atoms with Crippen LogP contribution in [0.3, 0.4) is 0 Å². The van der Waals surface area contributed by atoms with Crippen molar-refractivity contribution >= 4 is 33.4 Å². The molecule has 0 aliphatic carbocycles. The van der Waals surface area contributed by atoms with Gasteiger partial charge in [0.25, 0.3) is 10.0 Å². The second-order valence-electron chi connectivity index (χ2n) is 7.17. The Morgan fingerprint density at radius 2 is 1.74 bits per heavy atom. The lowest BCUT2D eigenvalue weighted by atomic mass is 10.0. The lowest BCUT2D eigenvalue weighted by Crippen LogP contribution is -2.15. The molecule has 0 aliphatic heterocycles. The molecule has 3 aromatic rings. The number of nitrogens with zero attached hydrogens (tertiary/aromatic N) is 1. The normalized spacial score (nSPS) is 11.3. The van der Waals surface area contributed by atoms with E-state index >= 15 is 0 Å². The molecule has 6 nitrogen and oxygen atoms in total. The quantitative estimate of drug-likeness (QED) is 0.460. The first-order chi connectivity index (χ1) is 14.7. The molecule has 0 saturated carbocycles. The SMILES string of the molecule is CCc1ccc(CSc2ccc(NS(=O)(=O)c3cc(C)c(C)c(C(=O)O)c3)cn2)cc1. The highest BCUT2D eigenvalue weighted by Gasteiger charge is 2.20. The number of aryl methyl sites for hydroxylation is 2. The number of aromatic nitrogens is 1. The molecule has 2 N–H and O–H groups in total. The molecule has 0 saturated heterocycles. The van der Waals surface area contributed by atoms with Crippen molar-refractivity contribution in [2.24, 2.45) is 0 Å². The highest BCUT2D eigenvalue weighted by molar-refractivity contribution is 7.98. The number of carboxylic acid groups (broad SMARTS) is 1. The van der Waals surface area contributed by atoms with E-state index in [1.54, 1.807) is 37.7 Å². The highest BCUT2D eigenvalue weighted by Crippen LogP contribution is 2.25. The first-order valence-electron chi connectivity index (χ1n) is 9.73. The zero-order valence-corrected chi connectivity index (χ0v) is 19.2. The fraction of sp³-hybridized carbons (Fsp3) is 0.217. The number of carboxylic acids is 1. The van der Waals surface area contributed by atoms with Gasteiger partial charge in [0, 0.05) is 5.75 Å². The molecule has 0 spiro atoms. The summed E-state index contributed by atoms with van der Waals surface area (Å²) in [5.74, 6) is -0.395. The van der Waals surface area contributed by atoms with E-state index in [1.807, 2.05) is 0 Å². The maximum atomic E-state index is 12.8. The Bertz CT molecular complexity index is 1190. The van der Waals surface area contributed by atoms with Gasteiger partial charge in [-0.15, -0.1) is 11.8 Å². The molecule has 0 radical (unpaired) electrons. The van der Waals surface area contributed by atoms with Crippen molar-refractivity contribution in [3.63, 3.8) is 0 Å². The fourth-order valence-electron chi connectivity index (χ4n) is 2.97. The van der Waals surface area contributed by atoms with Crippen LogP contribution in [0.1, 0.15) is 39.5 Å². The number of hydrogen-bond donors (Lipinski definition) is 2. The molecule has 1 aromatic heterocycles. The Hall–Kier alpha value is -2.84. The van der Waals surface area contributed by atoms with Crippen LogP contribution in [0.5, 0.6) is 0 Å². The lowest BCUT2D eigenvalue weighted by molar-refractivity contribution is 0.0695. The molecule has 8 heteroatoms. The van der Waals surface area contributed by atoms with Crippen molar-refractivity contribution in [1.29, 1.82) is 0 Å². The molecule has 3 rings (SSSR count). The number of hydrogen-bond acceptors (Lipinski definition) is 5. The summed E-state index contributed by atoms with van der Waals surface area (Å²) in [7, 11) is -3.94. The number of carbonyl (C=O) groups is 1. The lowest BCUT2D eigenvalue weighted by Gasteiger charge is -2.12. The van der Waals surface area contributed by atoms with Crippen LogP contribution in [0.15, 0.2) is 64.6 Å². The summed E-state index contributed by atoms with van der Waals surface area (Å²) in [5, 5.41) is 10.1. The number of anilines is 1. The Labute approximate surface area is 186 Å². The van der Waals surface area contributed by atoms with Crippen LogP contribution in [-0.2, 0) is 22.2 Å². The van der Waals surface area contributed by atoms with Crippen LogP contribution in [-0.4, -0.2) is 24.5 Å². The van der Waals surface area contributed by atoms with Crippen LogP contribution in [0.25, 0.3) is 0 Å². The number of aromatic carboxylic acids is 1. The van der Waals surface area contributed by atoms with E-state index in [-0.39, 0.29) is 10.5 Å². The highest BCUT2D eigenvalue weighted by atomic mass is 32.2. The van der Waals surface area contributed by atoms with Crippen LogP contribution in [0.2, 0.25) is 0 Å². The Kier molecular flexibility index (Phi) is 7.02. The smallest absolute Gasteiger partial charge is 0.336 e. The number of nitrogens with one attached hydrogen (secondary N) is 1. The summed E-state index contributed by atoms with van der Waals surface area (Å²) in [4.78, 5) is 15.6. The van der Waals surface area contributed by atoms with Gasteiger partial charge in [0.1, 0.15) is 0 Å². The second kappa shape index (κ2) is 9.53. The van der Waals surface area contributed by atoms with Crippen molar-refractivity contribution in [3.05, 3.63) is 82.5 Å². The van der Waals surface area contributed by atoms with Gasteiger partial charge in [-0.1, -0.05) is 31.2 Å². The predicted molar refractivity (Wildman–Crippen MR) is 123 cm³/mol. The Morgan fingerprint density at radius 3 is 2.32 bits per heavy atom. The van der Waals surface area contributed by atoms with Crippen LogP contribution >= 0.6 is 11.8 Å². The first-order valence-corrected chi connectivity index (χ1v) is 12.2. The third kappa shape index (κ3) is 5.65. The molecular formula is C23H24N2O4S2. The van der Waals surface area contributed by atoms with E-state index < -0.39 is 16.0 Å². The van der Waals surface area contributed by atoms with Gasteiger partial charge in [-0.2, -0.15) is 0 Å². The van der Waals surface area contributed by atoms with Crippen LogP contribution in [0, 0.1) is 13.8 Å². The zero-order chi connectivity index (χ0) is 22.6. The molecule has 0 unspecified atom stereocenters. The number of rotatable bonds is 8. The minimum Gasteiger partial charge on any atom is -0.478 e. The molecular weight excluding hydrogens is 432 g/mol. The minimum absolute atomic E-state index is 0.0304. The van der Waals surface area contributed by atoms with E-state index in [1.165, 1.54) is 29.5 Å². The molecule has 0 aliphatic rings. The number of benzene rings is 2.